The van der Waals surface area contributed by atoms with Crippen LogP contribution in [-0.2, 0) is 15.4 Å². The summed E-state index contributed by atoms with van der Waals surface area (Å²) in [6.07, 6.45) is 2.24. The number of aliphatic hydroxyl groups is 1. The molecule has 1 aromatic rings. The fourth-order valence-electron chi connectivity index (χ4n) is 2.31. The third kappa shape index (κ3) is 3.78. The first-order valence-electron chi connectivity index (χ1n) is 6.35. The minimum atomic E-state index is -3.47. The van der Waals surface area contributed by atoms with Crippen LogP contribution in [0.15, 0.2) is 29.2 Å². The van der Waals surface area contributed by atoms with Crippen LogP contribution in [0.3, 0.4) is 0 Å². The van der Waals surface area contributed by atoms with E-state index in [0.29, 0.717) is 11.9 Å². The first-order valence-corrected chi connectivity index (χ1v) is 8.96. The fraction of sp³-hybridized carbons (Fsp3) is 0.538. The smallest absolute Gasteiger partial charge is 0.240 e. The van der Waals surface area contributed by atoms with E-state index >= 15 is 0 Å². The summed E-state index contributed by atoms with van der Waals surface area (Å²) in [6.45, 7) is 0.309. The molecule has 1 fully saturated rings. The van der Waals surface area contributed by atoms with Gasteiger partial charge in [0.05, 0.1) is 11.0 Å². The van der Waals surface area contributed by atoms with Gasteiger partial charge in [-0.3, -0.25) is 0 Å². The van der Waals surface area contributed by atoms with E-state index in [9.17, 15) is 13.5 Å². The molecular weight excluding hydrogens is 330 g/mol. The van der Waals surface area contributed by atoms with E-state index in [0.717, 1.165) is 24.8 Å². The number of hydrogen-bond acceptors (Lipinski definition) is 3. The first kappa shape index (κ1) is 15.0. The lowest BCUT2D eigenvalue weighted by molar-refractivity contribution is 0.134. The standard InChI is InChI=1S/C13H18BrNO3S/c14-8-10-4-6-12(7-5-10)19(17,18)15-9-11-2-1-3-13(11)16/h4-7,11,13,15-16H,1-3,8-9H2. The van der Waals surface area contributed by atoms with Gasteiger partial charge in [0, 0.05) is 11.9 Å². The molecule has 0 aliphatic heterocycles. The summed E-state index contributed by atoms with van der Waals surface area (Å²) < 4.78 is 26.8. The van der Waals surface area contributed by atoms with Crippen LogP contribution in [0.2, 0.25) is 0 Å². The zero-order chi connectivity index (χ0) is 13.9. The number of hydrogen-bond donors (Lipinski definition) is 2. The second kappa shape index (κ2) is 6.35. The Bertz CT molecular complexity index is 515. The predicted octanol–water partition coefficient (Wildman–Crippen LogP) is 2.02. The van der Waals surface area contributed by atoms with Gasteiger partial charge in [-0.15, -0.1) is 0 Å². The van der Waals surface area contributed by atoms with Gasteiger partial charge in [-0.05, 0) is 36.5 Å². The SMILES string of the molecule is O=S(=O)(NCC1CCCC1O)c1ccc(CBr)cc1. The van der Waals surface area contributed by atoms with Crippen LogP contribution >= 0.6 is 15.9 Å². The quantitative estimate of drug-likeness (QED) is 0.800. The highest BCUT2D eigenvalue weighted by atomic mass is 79.9. The highest BCUT2D eigenvalue weighted by Crippen LogP contribution is 2.25. The van der Waals surface area contributed by atoms with Crippen LogP contribution in [-0.4, -0.2) is 26.2 Å². The number of sulfonamides is 1. The number of alkyl halides is 1. The summed E-state index contributed by atoms with van der Waals surface area (Å²) in [7, 11) is -3.47. The molecule has 2 atom stereocenters. The maximum absolute atomic E-state index is 12.1. The van der Waals surface area contributed by atoms with Gasteiger partial charge in [-0.25, -0.2) is 13.1 Å². The van der Waals surface area contributed by atoms with Crippen molar-refractivity contribution in [1.29, 1.82) is 0 Å². The molecule has 0 aromatic heterocycles. The van der Waals surface area contributed by atoms with E-state index in [4.69, 9.17) is 0 Å². The lowest BCUT2D eigenvalue weighted by atomic mass is 10.1. The summed E-state index contributed by atoms with van der Waals surface area (Å²) >= 11 is 3.32. The van der Waals surface area contributed by atoms with E-state index in [2.05, 4.69) is 20.7 Å². The molecule has 1 aliphatic rings. The van der Waals surface area contributed by atoms with Crippen LogP contribution < -0.4 is 4.72 Å². The van der Waals surface area contributed by atoms with Gasteiger partial charge < -0.3 is 5.11 Å². The number of benzene rings is 1. The van der Waals surface area contributed by atoms with Gasteiger partial charge >= 0.3 is 0 Å². The third-order valence-corrected chi connectivity index (χ3v) is 5.63. The lowest BCUT2D eigenvalue weighted by Gasteiger charge is -2.15. The van der Waals surface area contributed by atoms with Crippen molar-refractivity contribution in [3.05, 3.63) is 29.8 Å². The first-order chi connectivity index (χ1) is 9.03. The highest BCUT2D eigenvalue weighted by Gasteiger charge is 2.26. The van der Waals surface area contributed by atoms with E-state index < -0.39 is 10.0 Å². The number of halogens is 1. The second-order valence-electron chi connectivity index (χ2n) is 4.89. The van der Waals surface area contributed by atoms with Crippen molar-refractivity contribution in [2.45, 2.75) is 35.6 Å². The Morgan fingerprint density at radius 2 is 1.95 bits per heavy atom. The van der Waals surface area contributed by atoms with Gasteiger partial charge in [-0.2, -0.15) is 0 Å². The maximum Gasteiger partial charge on any atom is 0.240 e. The topological polar surface area (TPSA) is 66.4 Å². The summed E-state index contributed by atoms with van der Waals surface area (Å²) in [4.78, 5) is 0.268. The molecule has 4 nitrogen and oxygen atoms in total. The van der Waals surface area contributed by atoms with Crippen LogP contribution in [0.1, 0.15) is 24.8 Å². The second-order valence-corrected chi connectivity index (χ2v) is 7.22. The molecule has 106 valence electrons. The molecule has 0 saturated heterocycles. The monoisotopic (exact) mass is 347 g/mol. The summed E-state index contributed by atoms with van der Waals surface area (Å²) in [5.74, 6) is 0.0385. The molecule has 2 rings (SSSR count). The van der Waals surface area contributed by atoms with Crippen LogP contribution in [0, 0.1) is 5.92 Å². The number of aliphatic hydroxyl groups excluding tert-OH is 1. The molecule has 0 spiro atoms. The predicted molar refractivity (Wildman–Crippen MR) is 77.6 cm³/mol. The molecule has 0 bridgehead atoms. The number of rotatable bonds is 5. The Kier molecular flexibility index (Phi) is 5.00. The van der Waals surface area contributed by atoms with Crippen molar-refractivity contribution >= 4 is 26.0 Å². The van der Waals surface area contributed by atoms with E-state index in [1.165, 1.54) is 0 Å². The minimum absolute atomic E-state index is 0.0385. The molecule has 1 aliphatic carbocycles. The Morgan fingerprint density at radius 1 is 1.26 bits per heavy atom. The number of nitrogens with one attached hydrogen (secondary N) is 1. The van der Waals surface area contributed by atoms with Crippen molar-refractivity contribution in [2.24, 2.45) is 5.92 Å². The molecule has 0 amide bonds. The van der Waals surface area contributed by atoms with E-state index in [-0.39, 0.29) is 16.9 Å². The average Bonchev–Trinajstić information content (AvgIpc) is 2.82. The third-order valence-electron chi connectivity index (χ3n) is 3.54. The molecule has 1 aromatic carbocycles. The van der Waals surface area contributed by atoms with Gasteiger partial charge in [0.15, 0.2) is 0 Å². The Morgan fingerprint density at radius 3 is 2.47 bits per heavy atom. The van der Waals surface area contributed by atoms with Gasteiger partial charge in [0.1, 0.15) is 0 Å². The van der Waals surface area contributed by atoms with Crippen molar-refractivity contribution in [3.63, 3.8) is 0 Å². The van der Waals surface area contributed by atoms with E-state index in [1.807, 2.05) is 0 Å². The van der Waals surface area contributed by atoms with Crippen molar-refractivity contribution in [3.8, 4) is 0 Å². The van der Waals surface area contributed by atoms with Gasteiger partial charge in [0.2, 0.25) is 10.0 Å². The molecular formula is C13H18BrNO3S. The Hall–Kier alpha value is -0.430. The largest absolute Gasteiger partial charge is 0.393 e. The molecule has 19 heavy (non-hydrogen) atoms. The van der Waals surface area contributed by atoms with Crippen molar-refractivity contribution in [1.82, 2.24) is 4.72 Å². The summed E-state index contributed by atoms with van der Waals surface area (Å²) in [6, 6.07) is 6.77. The van der Waals surface area contributed by atoms with Crippen molar-refractivity contribution < 1.29 is 13.5 Å². The van der Waals surface area contributed by atoms with Crippen LogP contribution in [0.25, 0.3) is 0 Å². The van der Waals surface area contributed by atoms with Gasteiger partial charge in [-0.1, -0.05) is 34.5 Å². The van der Waals surface area contributed by atoms with E-state index in [1.54, 1.807) is 24.3 Å². The Labute approximate surface area is 122 Å². The zero-order valence-electron chi connectivity index (χ0n) is 10.5. The van der Waals surface area contributed by atoms with Crippen molar-refractivity contribution in [2.75, 3.05) is 6.54 Å². The molecule has 2 unspecified atom stereocenters. The fourth-order valence-corrected chi connectivity index (χ4v) is 3.78. The highest BCUT2D eigenvalue weighted by molar-refractivity contribution is 9.08. The lowest BCUT2D eigenvalue weighted by Crippen LogP contribution is -2.32. The zero-order valence-corrected chi connectivity index (χ0v) is 13.0. The molecule has 6 heteroatoms. The molecule has 2 N–H and O–H groups in total. The maximum atomic E-state index is 12.1. The minimum Gasteiger partial charge on any atom is -0.393 e. The normalized spacial score (nSPS) is 23.7. The van der Waals surface area contributed by atoms with Crippen LogP contribution in [0.5, 0.6) is 0 Å². The van der Waals surface area contributed by atoms with Gasteiger partial charge in [0.25, 0.3) is 0 Å². The molecule has 1 saturated carbocycles. The Balaban J connectivity index is 2.01. The molecule has 0 heterocycles. The summed E-state index contributed by atoms with van der Waals surface area (Å²) in [5, 5.41) is 10.4. The average molecular weight is 348 g/mol. The van der Waals surface area contributed by atoms with Crippen LogP contribution in [0.4, 0.5) is 0 Å². The molecule has 0 radical (unpaired) electrons. The summed E-state index contributed by atoms with van der Waals surface area (Å²) in [5.41, 5.74) is 1.03.